The van der Waals surface area contributed by atoms with Gasteiger partial charge >= 0.3 is 0 Å². The van der Waals surface area contributed by atoms with E-state index in [4.69, 9.17) is 11.5 Å². The summed E-state index contributed by atoms with van der Waals surface area (Å²) >= 11 is 0. The zero-order valence-corrected chi connectivity index (χ0v) is 23.8. The third kappa shape index (κ3) is 4.04. The summed E-state index contributed by atoms with van der Waals surface area (Å²) in [6.45, 7) is 0. The second kappa shape index (κ2) is 10.3. The summed E-state index contributed by atoms with van der Waals surface area (Å²) in [5, 5.41) is 1.94. The number of nitrogens with two attached hydrogens (primary N) is 2. The summed E-state index contributed by atoms with van der Waals surface area (Å²) in [6, 6.07) is 41.6. The van der Waals surface area contributed by atoms with E-state index in [1.807, 2.05) is 85.5 Å². The molecule has 0 saturated heterocycles. The standard InChI is InChI=1S/C38H28N6/c39-35-31-10-4-6-12-33(31)43(29-8-2-1-3-9-29)37(35)38-36(40)32-11-5-7-13-34(32)44(38)30-23-27(25-14-18-41-19-15-25)22-28(24-30)26-16-20-42-21-17-26/h1-24H,39-40H2. The number of nitrogens with zero attached hydrogens (tertiary/aromatic N) is 4. The topological polar surface area (TPSA) is 87.7 Å². The molecule has 0 unspecified atom stereocenters. The van der Waals surface area contributed by atoms with Crippen LogP contribution >= 0.6 is 0 Å². The quantitative estimate of drug-likeness (QED) is 0.218. The van der Waals surface area contributed by atoms with Crippen LogP contribution in [0.1, 0.15) is 0 Å². The second-order valence-corrected chi connectivity index (χ2v) is 10.8. The molecule has 4 aromatic carbocycles. The first-order valence-corrected chi connectivity index (χ1v) is 14.5. The van der Waals surface area contributed by atoms with E-state index in [0.717, 1.165) is 66.8 Å². The van der Waals surface area contributed by atoms with Crippen molar-refractivity contribution in [3.8, 4) is 45.0 Å². The fraction of sp³-hybridized carbons (Fsp3) is 0. The summed E-state index contributed by atoms with van der Waals surface area (Å²) in [5.41, 5.74) is 25.5. The molecule has 8 rings (SSSR count). The predicted molar refractivity (Wildman–Crippen MR) is 181 cm³/mol. The number of hydrogen-bond donors (Lipinski definition) is 2. The molecule has 0 radical (unpaired) electrons. The van der Waals surface area contributed by atoms with Gasteiger partial charge in [-0.1, -0.05) is 54.6 Å². The Bertz CT molecular complexity index is 2230. The van der Waals surface area contributed by atoms with Crippen LogP contribution in [0.25, 0.3) is 66.8 Å². The lowest BCUT2D eigenvalue weighted by molar-refractivity contribution is 1.07. The van der Waals surface area contributed by atoms with Crippen LogP contribution in [0.3, 0.4) is 0 Å². The Morgan fingerprint density at radius 3 is 1.34 bits per heavy atom. The Hall–Kier alpha value is -6.14. The van der Waals surface area contributed by atoms with Crippen molar-refractivity contribution in [2.24, 2.45) is 0 Å². The zero-order chi connectivity index (χ0) is 29.6. The molecule has 8 aromatic rings. The van der Waals surface area contributed by atoms with E-state index in [1.165, 1.54) is 0 Å². The maximum atomic E-state index is 7.14. The van der Waals surface area contributed by atoms with Crippen molar-refractivity contribution >= 4 is 33.2 Å². The molecule has 0 aliphatic rings. The monoisotopic (exact) mass is 568 g/mol. The van der Waals surface area contributed by atoms with Gasteiger partial charge in [0.1, 0.15) is 0 Å². The van der Waals surface area contributed by atoms with Crippen LogP contribution in [0.4, 0.5) is 11.4 Å². The molecule has 6 heteroatoms. The number of benzene rings is 4. The summed E-state index contributed by atoms with van der Waals surface area (Å²) in [7, 11) is 0. The number of aromatic nitrogens is 4. The highest BCUT2D eigenvalue weighted by Gasteiger charge is 2.26. The van der Waals surface area contributed by atoms with Crippen molar-refractivity contribution in [1.29, 1.82) is 0 Å². The fourth-order valence-corrected chi connectivity index (χ4v) is 6.27. The van der Waals surface area contributed by atoms with Gasteiger partial charge in [0.25, 0.3) is 0 Å². The maximum Gasteiger partial charge on any atom is 0.0964 e. The molecule has 0 atom stereocenters. The molecule has 4 aromatic heterocycles. The summed E-state index contributed by atoms with van der Waals surface area (Å²) in [4.78, 5) is 8.50. The van der Waals surface area contributed by atoms with Gasteiger partial charge in [-0.3, -0.25) is 9.97 Å². The molecule has 0 amide bonds. The van der Waals surface area contributed by atoms with Crippen molar-refractivity contribution in [1.82, 2.24) is 19.1 Å². The number of nitrogen functional groups attached to an aromatic ring is 2. The SMILES string of the molecule is Nc1c(-c2c(N)c3ccccc3n2-c2cc(-c3ccncc3)cc(-c3ccncc3)c2)n(-c2ccccc2)c2ccccc12. The first-order chi connectivity index (χ1) is 21.7. The molecular formula is C38H28N6. The van der Waals surface area contributed by atoms with Crippen LogP contribution in [-0.2, 0) is 0 Å². The fourth-order valence-electron chi connectivity index (χ4n) is 6.27. The molecule has 44 heavy (non-hydrogen) atoms. The minimum Gasteiger partial charge on any atom is -0.396 e. The van der Waals surface area contributed by atoms with E-state index in [2.05, 4.69) is 79.8 Å². The molecule has 0 aliphatic heterocycles. The molecule has 6 nitrogen and oxygen atoms in total. The van der Waals surface area contributed by atoms with Gasteiger partial charge in [0.15, 0.2) is 0 Å². The van der Waals surface area contributed by atoms with E-state index < -0.39 is 0 Å². The lowest BCUT2D eigenvalue weighted by atomic mass is 9.99. The molecule has 0 fully saturated rings. The lowest BCUT2D eigenvalue weighted by Crippen LogP contribution is -2.05. The van der Waals surface area contributed by atoms with Gasteiger partial charge < -0.3 is 20.6 Å². The number of rotatable bonds is 5. The van der Waals surface area contributed by atoms with E-state index in [1.54, 1.807) is 0 Å². The average Bonchev–Trinajstić information content (AvgIpc) is 3.55. The smallest absolute Gasteiger partial charge is 0.0964 e. The van der Waals surface area contributed by atoms with Crippen LogP contribution in [0.2, 0.25) is 0 Å². The highest BCUT2D eigenvalue weighted by atomic mass is 15.1. The Kier molecular flexibility index (Phi) is 5.98. The van der Waals surface area contributed by atoms with Gasteiger partial charge in [-0.15, -0.1) is 0 Å². The average molecular weight is 569 g/mol. The molecule has 210 valence electrons. The number of pyridine rings is 2. The van der Waals surface area contributed by atoms with Gasteiger partial charge in [-0.25, -0.2) is 0 Å². The molecule has 0 bridgehead atoms. The Balaban J connectivity index is 1.51. The van der Waals surface area contributed by atoms with Crippen molar-refractivity contribution in [2.75, 3.05) is 11.5 Å². The summed E-state index contributed by atoms with van der Waals surface area (Å²) in [6.07, 6.45) is 7.28. The van der Waals surface area contributed by atoms with Crippen molar-refractivity contribution in [2.45, 2.75) is 0 Å². The van der Waals surface area contributed by atoms with Crippen LogP contribution in [-0.4, -0.2) is 19.1 Å². The molecule has 0 saturated carbocycles. The zero-order valence-electron chi connectivity index (χ0n) is 23.8. The van der Waals surface area contributed by atoms with Crippen LogP contribution in [0, 0.1) is 0 Å². The number of fused-ring (bicyclic) bond motifs is 2. The Morgan fingerprint density at radius 2 is 0.841 bits per heavy atom. The van der Waals surface area contributed by atoms with Crippen molar-refractivity contribution < 1.29 is 0 Å². The lowest BCUT2D eigenvalue weighted by Gasteiger charge is -2.18. The first-order valence-electron chi connectivity index (χ1n) is 14.5. The third-order valence-electron chi connectivity index (χ3n) is 8.27. The molecule has 0 spiro atoms. The van der Waals surface area contributed by atoms with E-state index in [0.29, 0.717) is 11.4 Å². The number of para-hydroxylation sites is 3. The highest BCUT2D eigenvalue weighted by Crippen LogP contribution is 2.46. The van der Waals surface area contributed by atoms with Gasteiger partial charge in [-0.2, -0.15) is 0 Å². The van der Waals surface area contributed by atoms with E-state index in [-0.39, 0.29) is 0 Å². The van der Waals surface area contributed by atoms with Gasteiger partial charge in [0.2, 0.25) is 0 Å². The van der Waals surface area contributed by atoms with E-state index in [9.17, 15) is 0 Å². The predicted octanol–water partition coefficient (Wildman–Crippen LogP) is 8.53. The molecule has 4 N–H and O–H groups in total. The van der Waals surface area contributed by atoms with Gasteiger partial charge in [-0.05, 0) is 89.0 Å². The number of hydrogen-bond acceptors (Lipinski definition) is 4. The molecule has 0 aliphatic carbocycles. The summed E-state index contributed by atoms with van der Waals surface area (Å²) < 4.78 is 4.48. The van der Waals surface area contributed by atoms with Crippen molar-refractivity contribution in [3.05, 3.63) is 146 Å². The normalized spacial score (nSPS) is 11.4. The van der Waals surface area contributed by atoms with Crippen LogP contribution in [0.15, 0.2) is 146 Å². The van der Waals surface area contributed by atoms with Crippen LogP contribution < -0.4 is 11.5 Å². The summed E-state index contributed by atoms with van der Waals surface area (Å²) in [5.74, 6) is 0. The maximum absolute atomic E-state index is 7.14. The molecule has 4 heterocycles. The van der Waals surface area contributed by atoms with Gasteiger partial charge in [0, 0.05) is 46.9 Å². The first kappa shape index (κ1) is 25.6. The molecular weight excluding hydrogens is 540 g/mol. The Labute approximate surface area is 254 Å². The largest absolute Gasteiger partial charge is 0.396 e. The van der Waals surface area contributed by atoms with Crippen LogP contribution in [0.5, 0.6) is 0 Å². The third-order valence-corrected chi connectivity index (χ3v) is 8.27. The highest BCUT2D eigenvalue weighted by molar-refractivity contribution is 6.09. The minimum absolute atomic E-state index is 0.673. The van der Waals surface area contributed by atoms with Gasteiger partial charge in [0.05, 0.1) is 33.8 Å². The Morgan fingerprint density at radius 1 is 0.409 bits per heavy atom. The van der Waals surface area contributed by atoms with E-state index >= 15 is 0 Å². The second-order valence-electron chi connectivity index (χ2n) is 10.8. The minimum atomic E-state index is 0.673. The van der Waals surface area contributed by atoms with Crippen molar-refractivity contribution in [3.63, 3.8) is 0 Å². The number of anilines is 2.